The largest absolute Gasteiger partial charge is 0.378 e. The van der Waals surface area contributed by atoms with Crippen molar-refractivity contribution in [1.82, 2.24) is 0 Å². The van der Waals surface area contributed by atoms with E-state index >= 15 is 0 Å². The Morgan fingerprint density at radius 3 is 3.00 bits per heavy atom. The normalized spacial score (nSPS) is 33.8. The van der Waals surface area contributed by atoms with Gasteiger partial charge in [-0.25, -0.2) is 0 Å². The number of carbonyl (C=O) groups excluding carboxylic acids is 1. The zero-order valence-corrected chi connectivity index (χ0v) is 8.65. The molecule has 2 aliphatic rings. The third-order valence-electron chi connectivity index (χ3n) is 2.84. The van der Waals surface area contributed by atoms with Gasteiger partial charge in [-0.05, 0) is 25.0 Å². The van der Waals surface area contributed by atoms with Crippen LogP contribution in [0.3, 0.4) is 0 Å². The molecular weight excluding hydrogens is 184 g/mol. The topological polar surface area (TPSA) is 26.3 Å². The summed E-state index contributed by atoms with van der Waals surface area (Å²) in [6.45, 7) is 0.858. The third kappa shape index (κ3) is 2.47. The molecule has 2 aliphatic heterocycles. The number of hydrogen-bond donors (Lipinski definition) is 0. The average Bonchev–Trinajstić information content (AvgIpc) is 2.74. The van der Waals surface area contributed by atoms with E-state index in [4.69, 9.17) is 4.74 Å². The molecule has 2 heterocycles. The molecule has 0 aromatic rings. The van der Waals surface area contributed by atoms with E-state index in [0.717, 1.165) is 31.6 Å². The number of ketones is 1. The Kier molecular flexibility index (Phi) is 3.28. The Bertz CT molecular complexity index is 181. The molecule has 0 saturated carbocycles. The lowest BCUT2D eigenvalue weighted by atomic mass is 9.98. The predicted molar refractivity (Wildman–Crippen MR) is 54.0 cm³/mol. The SMILES string of the molecule is O=C(CC1CCCO1)C1CCSC1. The summed E-state index contributed by atoms with van der Waals surface area (Å²) in [6.07, 6.45) is 4.24. The number of hydrogen-bond acceptors (Lipinski definition) is 3. The summed E-state index contributed by atoms with van der Waals surface area (Å²) in [5.74, 6) is 3.00. The molecule has 13 heavy (non-hydrogen) atoms. The average molecular weight is 200 g/mol. The highest BCUT2D eigenvalue weighted by Gasteiger charge is 2.27. The molecule has 74 valence electrons. The van der Waals surface area contributed by atoms with Crippen molar-refractivity contribution in [3.63, 3.8) is 0 Å². The summed E-state index contributed by atoms with van der Waals surface area (Å²) in [4.78, 5) is 11.7. The lowest BCUT2D eigenvalue weighted by Crippen LogP contribution is -2.20. The van der Waals surface area contributed by atoms with Gasteiger partial charge in [0, 0.05) is 24.7 Å². The molecule has 2 atom stereocenters. The molecule has 2 fully saturated rings. The molecule has 2 unspecified atom stereocenters. The fourth-order valence-electron chi connectivity index (χ4n) is 1.98. The molecule has 0 aliphatic carbocycles. The van der Waals surface area contributed by atoms with Crippen LogP contribution in [0.1, 0.15) is 25.7 Å². The minimum atomic E-state index is 0.248. The Morgan fingerprint density at radius 2 is 2.38 bits per heavy atom. The van der Waals surface area contributed by atoms with Crippen molar-refractivity contribution in [1.29, 1.82) is 0 Å². The van der Waals surface area contributed by atoms with Gasteiger partial charge in [-0.3, -0.25) is 4.79 Å². The molecule has 0 N–H and O–H groups in total. The number of Topliss-reactive ketones (excluding diaryl/α,β-unsaturated/α-hetero) is 1. The van der Waals surface area contributed by atoms with Crippen LogP contribution < -0.4 is 0 Å². The second-order valence-corrected chi connectivity index (χ2v) is 5.02. The lowest BCUT2D eigenvalue weighted by molar-refractivity contribution is -0.124. The smallest absolute Gasteiger partial charge is 0.139 e. The molecular formula is C10H16O2S. The van der Waals surface area contributed by atoms with Gasteiger partial charge in [0.2, 0.25) is 0 Å². The van der Waals surface area contributed by atoms with Gasteiger partial charge in [0.05, 0.1) is 6.10 Å². The van der Waals surface area contributed by atoms with Crippen LogP contribution in [-0.4, -0.2) is 30.0 Å². The second kappa shape index (κ2) is 4.47. The van der Waals surface area contributed by atoms with Gasteiger partial charge in [-0.2, -0.15) is 11.8 Å². The van der Waals surface area contributed by atoms with Crippen LogP contribution in [0.25, 0.3) is 0 Å². The molecule has 0 bridgehead atoms. The van der Waals surface area contributed by atoms with Crippen LogP contribution in [0, 0.1) is 5.92 Å². The summed E-state index contributed by atoms with van der Waals surface area (Å²) >= 11 is 1.91. The maximum atomic E-state index is 11.7. The highest BCUT2D eigenvalue weighted by atomic mass is 32.2. The van der Waals surface area contributed by atoms with Crippen LogP contribution in [0.15, 0.2) is 0 Å². The zero-order valence-electron chi connectivity index (χ0n) is 7.83. The van der Waals surface area contributed by atoms with E-state index in [0.29, 0.717) is 18.1 Å². The van der Waals surface area contributed by atoms with Gasteiger partial charge in [0.1, 0.15) is 5.78 Å². The van der Waals surface area contributed by atoms with Crippen molar-refractivity contribution in [3.8, 4) is 0 Å². The predicted octanol–water partition coefficient (Wildman–Crippen LogP) is 1.88. The maximum Gasteiger partial charge on any atom is 0.139 e. The van der Waals surface area contributed by atoms with Gasteiger partial charge in [-0.15, -0.1) is 0 Å². The number of carbonyl (C=O) groups is 1. The Hall–Kier alpha value is -0.0200. The minimum Gasteiger partial charge on any atom is -0.378 e. The van der Waals surface area contributed by atoms with Gasteiger partial charge in [0.15, 0.2) is 0 Å². The first kappa shape index (κ1) is 9.53. The van der Waals surface area contributed by atoms with Gasteiger partial charge in [-0.1, -0.05) is 0 Å². The molecule has 0 spiro atoms. The molecule has 2 nitrogen and oxygen atoms in total. The lowest BCUT2D eigenvalue weighted by Gasteiger charge is -2.11. The molecule has 2 rings (SSSR count). The second-order valence-electron chi connectivity index (χ2n) is 3.87. The third-order valence-corrected chi connectivity index (χ3v) is 4.00. The van der Waals surface area contributed by atoms with Crippen LogP contribution in [-0.2, 0) is 9.53 Å². The first-order valence-corrected chi connectivity index (χ1v) is 6.24. The number of ether oxygens (including phenoxy) is 1. The van der Waals surface area contributed by atoms with E-state index in [1.54, 1.807) is 0 Å². The van der Waals surface area contributed by atoms with E-state index in [-0.39, 0.29) is 6.10 Å². The first-order chi connectivity index (χ1) is 6.36. The van der Waals surface area contributed by atoms with Crippen molar-refractivity contribution < 1.29 is 9.53 Å². The fraction of sp³-hybridized carbons (Fsp3) is 0.900. The van der Waals surface area contributed by atoms with E-state index in [2.05, 4.69) is 0 Å². The van der Waals surface area contributed by atoms with Crippen LogP contribution in [0.4, 0.5) is 0 Å². The Balaban J connectivity index is 1.76. The molecule has 0 amide bonds. The molecule has 2 saturated heterocycles. The van der Waals surface area contributed by atoms with E-state index in [9.17, 15) is 4.79 Å². The summed E-state index contributed by atoms with van der Waals surface area (Å²) in [5.41, 5.74) is 0. The molecule has 0 aromatic carbocycles. The zero-order chi connectivity index (χ0) is 9.10. The highest BCUT2D eigenvalue weighted by molar-refractivity contribution is 7.99. The minimum absolute atomic E-state index is 0.248. The number of rotatable bonds is 3. The van der Waals surface area contributed by atoms with Crippen molar-refractivity contribution in [3.05, 3.63) is 0 Å². The van der Waals surface area contributed by atoms with E-state index in [1.165, 1.54) is 5.75 Å². The summed E-state index contributed by atoms with van der Waals surface area (Å²) in [6, 6.07) is 0. The van der Waals surface area contributed by atoms with Crippen molar-refractivity contribution in [2.45, 2.75) is 31.8 Å². The molecule has 3 heteroatoms. The van der Waals surface area contributed by atoms with Crippen molar-refractivity contribution in [2.75, 3.05) is 18.1 Å². The number of thioether (sulfide) groups is 1. The van der Waals surface area contributed by atoms with Crippen LogP contribution in [0.5, 0.6) is 0 Å². The highest BCUT2D eigenvalue weighted by Crippen LogP contribution is 2.27. The summed E-state index contributed by atoms with van der Waals surface area (Å²) < 4.78 is 5.46. The first-order valence-electron chi connectivity index (χ1n) is 5.08. The quantitative estimate of drug-likeness (QED) is 0.696. The van der Waals surface area contributed by atoms with E-state index in [1.807, 2.05) is 11.8 Å². The van der Waals surface area contributed by atoms with Crippen molar-refractivity contribution >= 4 is 17.5 Å². The monoisotopic (exact) mass is 200 g/mol. The summed E-state index contributed by atoms with van der Waals surface area (Å²) in [5, 5.41) is 0. The Labute approximate surface area is 83.4 Å². The van der Waals surface area contributed by atoms with Crippen LogP contribution >= 0.6 is 11.8 Å². The Morgan fingerprint density at radius 1 is 1.46 bits per heavy atom. The van der Waals surface area contributed by atoms with Crippen LogP contribution in [0.2, 0.25) is 0 Å². The molecule has 0 radical (unpaired) electrons. The van der Waals surface area contributed by atoms with Gasteiger partial charge in [0.25, 0.3) is 0 Å². The van der Waals surface area contributed by atoms with Crippen molar-refractivity contribution in [2.24, 2.45) is 5.92 Å². The van der Waals surface area contributed by atoms with E-state index < -0.39 is 0 Å². The van der Waals surface area contributed by atoms with Gasteiger partial charge < -0.3 is 4.74 Å². The standard InChI is InChI=1S/C10H16O2S/c11-10(8-3-5-13-7-8)6-9-2-1-4-12-9/h8-9H,1-7H2. The molecule has 0 aromatic heterocycles. The fourth-order valence-corrected chi connectivity index (χ4v) is 3.24. The van der Waals surface area contributed by atoms with Gasteiger partial charge >= 0.3 is 0 Å². The summed E-state index contributed by atoms with van der Waals surface area (Å²) in [7, 11) is 0. The maximum absolute atomic E-state index is 11.7.